The molecule has 0 aromatic rings. The van der Waals surface area contributed by atoms with Crippen molar-refractivity contribution in [2.24, 2.45) is 0 Å². The maximum atomic E-state index is 12.5. The van der Waals surface area contributed by atoms with Crippen LogP contribution in [-0.4, -0.2) is 11.1 Å². The minimum Gasteiger partial charge on any atom is -0.303 e. The summed E-state index contributed by atoms with van der Waals surface area (Å²) >= 11 is 2.91. The monoisotopic (exact) mass is 246 g/mol. The second-order valence-electron chi connectivity index (χ2n) is 2.23. The largest absolute Gasteiger partial charge is 0.419 e. The summed E-state index contributed by atoms with van der Waals surface area (Å²) < 4.78 is 48.5. The molecule has 0 radical (unpaired) electrons. The van der Waals surface area contributed by atoms with E-state index in [1.54, 1.807) is 0 Å². The van der Waals surface area contributed by atoms with Gasteiger partial charge in [-0.3, -0.25) is 0 Å². The van der Waals surface area contributed by atoms with Gasteiger partial charge in [-0.2, -0.15) is 13.2 Å². The lowest BCUT2D eigenvalue weighted by Crippen LogP contribution is -2.83. The third-order valence-electron chi connectivity index (χ3n) is 1.31. The zero-order valence-electron chi connectivity index (χ0n) is 5.70. The van der Waals surface area contributed by atoms with Gasteiger partial charge in [-0.1, -0.05) is 0 Å². The Balaban J connectivity index is 2.94. The molecular formula is C6H5BrF4N+. The van der Waals surface area contributed by atoms with E-state index in [0.29, 0.717) is 0 Å². The van der Waals surface area contributed by atoms with E-state index in [4.69, 9.17) is 0 Å². The number of halogens is 5. The predicted molar refractivity (Wildman–Crippen MR) is 38.0 cm³/mol. The lowest BCUT2D eigenvalue weighted by atomic mass is 10.2. The van der Waals surface area contributed by atoms with Crippen LogP contribution in [0.2, 0.25) is 0 Å². The van der Waals surface area contributed by atoms with Crippen molar-refractivity contribution in [2.75, 3.05) is 0 Å². The number of nitrogens with two attached hydrogens (primary N) is 1. The van der Waals surface area contributed by atoms with E-state index in [2.05, 4.69) is 15.9 Å². The summed E-state index contributed by atoms with van der Waals surface area (Å²) in [5, 5.41) is 1.30. The van der Waals surface area contributed by atoms with Crippen molar-refractivity contribution >= 4 is 15.9 Å². The summed E-state index contributed by atoms with van der Waals surface area (Å²) in [6.07, 6.45) is -3.02. The maximum Gasteiger partial charge on any atom is 0.419 e. The molecule has 0 saturated carbocycles. The van der Waals surface area contributed by atoms with Gasteiger partial charge in [0, 0.05) is 0 Å². The first-order chi connectivity index (χ1) is 5.41. The Hall–Kier alpha value is -0.360. The first-order valence-corrected chi connectivity index (χ1v) is 3.97. The van der Waals surface area contributed by atoms with Crippen LogP contribution >= 0.6 is 15.9 Å². The molecule has 6 heteroatoms. The van der Waals surface area contributed by atoms with Gasteiger partial charge < -0.3 is 5.32 Å². The van der Waals surface area contributed by atoms with E-state index in [9.17, 15) is 17.6 Å². The summed E-state index contributed by atoms with van der Waals surface area (Å²) in [7, 11) is 0. The van der Waals surface area contributed by atoms with E-state index >= 15 is 0 Å². The van der Waals surface area contributed by atoms with Crippen LogP contribution in [0.25, 0.3) is 0 Å². The molecule has 1 aliphatic heterocycles. The zero-order chi connectivity index (χ0) is 9.35. The predicted octanol–water partition coefficient (Wildman–Crippen LogP) is 1.58. The van der Waals surface area contributed by atoms with Gasteiger partial charge in [0.1, 0.15) is 6.20 Å². The van der Waals surface area contributed by atoms with E-state index < -0.39 is 22.5 Å². The maximum absolute atomic E-state index is 12.5. The number of allylic oxidation sites excluding steroid dienone is 2. The van der Waals surface area contributed by atoms with Crippen LogP contribution in [0, 0.1) is 0 Å². The molecule has 1 rings (SSSR count). The van der Waals surface area contributed by atoms with E-state index in [1.807, 2.05) is 0 Å². The molecule has 1 heterocycles. The van der Waals surface area contributed by atoms with Crippen molar-refractivity contribution in [3.8, 4) is 0 Å². The molecular weight excluding hydrogens is 242 g/mol. The molecule has 1 atom stereocenters. The highest BCUT2D eigenvalue weighted by Crippen LogP contribution is 2.32. The Labute approximate surface area is 74.3 Å². The molecule has 68 valence electrons. The molecule has 0 amide bonds. The average molecular weight is 247 g/mol. The van der Waals surface area contributed by atoms with Crippen LogP contribution in [0.5, 0.6) is 0 Å². The van der Waals surface area contributed by atoms with Crippen molar-refractivity contribution in [1.29, 1.82) is 0 Å². The Bertz CT molecular complexity index is 242. The highest BCUT2D eigenvalue weighted by Gasteiger charge is 2.39. The Morgan fingerprint density at radius 1 is 1.42 bits per heavy atom. The normalized spacial score (nSPS) is 24.9. The number of hydrogen-bond acceptors (Lipinski definition) is 0. The fourth-order valence-electron chi connectivity index (χ4n) is 0.790. The fourth-order valence-corrected chi connectivity index (χ4v) is 1.21. The molecule has 1 unspecified atom stereocenters. The number of quaternary nitrogens is 1. The first-order valence-electron chi connectivity index (χ1n) is 3.05. The van der Waals surface area contributed by atoms with Gasteiger partial charge in [-0.05, 0) is 22.0 Å². The van der Waals surface area contributed by atoms with Crippen molar-refractivity contribution in [3.63, 3.8) is 0 Å². The van der Waals surface area contributed by atoms with E-state index in [-0.39, 0.29) is 0 Å². The van der Waals surface area contributed by atoms with Gasteiger partial charge in [-0.15, -0.1) is 0 Å². The van der Waals surface area contributed by atoms with Crippen LogP contribution < -0.4 is 5.32 Å². The highest BCUT2D eigenvalue weighted by molar-refractivity contribution is 9.09. The highest BCUT2D eigenvalue weighted by atomic mass is 79.9. The zero-order valence-corrected chi connectivity index (χ0v) is 7.29. The standard InChI is InChI=1S/C6H4BrF4N/c7-5-1-3(6(9,10)11)4(8)2-12-5/h1-2,5,12H/p+1. The summed E-state index contributed by atoms with van der Waals surface area (Å²) in [5.74, 6) is -1.24. The molecule has 0 fully saturated rings. The Morgan fingerprint density at radius 3 is 2.42 bits per heavy atom. The quantitative estimate of drug-likeness (QED) is 0.380. The summed E-state index contributed by atoms with van der Waals surface area (Å²) in [4.78, 5) is -0.548. The fraction of sp³-hybridized carbons (Fsp3) is 0.333. The molecule has 0 aromatic carbocycles. The molecule has 1 aliphatic rings. The van der Waals surface area contributed by atoms with Crippen LogP contribution in [0.1, 0.15) is 0 Å². The van der Waals surface area contributed by atoms with Crippen molar-refractivity contribution in [1.82, 2.24) is 0 Å². The van der Waals surface area contributed by atoms with Crippen molar-refractivity contribution < 1.29 is 22.9 Å². The van der Waals surface area contributed by atoms with Crippen LogP contribution in [0.4, 0.5) is 17.6 Å². The van der Waals surface area contributed by atoms with Crippen LogP contribution in [0.15, 0.2) is 23.7 Å². The molecule has 0 spiro atoms. The minimum atomic E-state index is -4.61. The molecule has 0 saturated heterocycles. The molecule has 1 nitrogen and oxygen atoms in total. The van der Waals surface area contributed by atoms with E-state index in [1.165, 1.54) is 5.32 Å². The van der Waals surface area contributed by atoms with Gasteiger partial charge in [0.2, 0.25) is 0 Å². The summed E-state index contributed by atoms with van der Waals surface area (Å²) in [6.45, 7) is 0. The number of alkyl halides is 4. The summed E-state index contributed by atoms with van der Waals surface area (Å²) in [5.41, 5.74) is -1.22. The molecule has 2 N–H and O–H groups in total. The first kappa shape index (κ1) is 9.73. The SMILES string of the molecule is FC1=C[NH2+]C(Br)C=C1C(F)(F)F. The summed E-state index contributed by atoms with van der Waals surface area (Å²) in [6, 6.07) is 0. The van der Waals surface area contributed by atoms with Gasteiger partial charge >= 0.3 is 6.18 Å². The minimum absolute atomic E-state index is 0.548. The topological polar surface area (TPSA) is 16.6 Å². The van der Waals surface area contributed by atoms with Gasteiger partial charge in [0.25, 0.3) is 0 Å². The lowest BCUT2D eigenvalue weighted by Gasteiger charge is -2.14. The third-order valence-corrected chi connectivity index (χ3v) is 1.88. The Morgan fingerprint density at radius 2 is 2.00 bits per heavy atom. The molecule has 12 heavy (non-hydrogen) atoms. The number of hydrogen-bond donors (Lipinski definition) is 1. The molecule has 0 aromatic heterocycles. The van der Waals surface area contributed by atoms with Gasteiger partial charge in [0.15, 0.2) is 10.8 Å². The third kappa shape index (κ3) is 2.07. The second kappa shape index (κ2) is 3.18. The van der Waals surface area contributed by atoms with Crippen LogP contribution in [-0.2, 0) is 0 Å². The number of rotatable bonds is 0. The van der Waals surface area contributed by atoms with E-state index in [0.717, 1.165) is 12.3 Å². The second-order valence-corrected chi connectivity index (χ2v) is 3.29. The van der Waals surface area contributed by atoms with Crippen molar-refractivity contribution in [2.45, 2.75) is 11.1 Å². The van der Waals surface area contributed by atoms with Crippen LogP contribution in [0.3, 0.4) is 0 Å². The van der Waals surface area contributed by atoms with Gasteiger partial charge in [0.05, 0.1) is 5.57 Å². The smallest absolute Gasteiger partial charge is 0.303 e. The molecule has 0 bridgehead atoms. The average Bonchev–Trinajstić information content (AvgIpc) is 1.92. The lowest BCUT2D eigenvalue weighted by molar-refractivity contribution is -0.592. The molecule has 0 aliphatic carbocycles. The van der Waals surface area contributed by atoms with Crippen molar-refractivity contribution in [3.05, 3.63) is 23.7 Å². The van der Waals surface area contributed by atoms with Gasteiger partial charge in [-0.25, -0.2) is 4.39 Å². The Kier molecular flexibility index (Phi) is 2.58.